The first-order valence-electron chi connectivity index (χ1n) is 9.32. The highest BCUT2D eigenvalue weighted by Gasteiger charge is 2.20. The minimum absolute atomic E-state index is 0.0572. The Balaban J connectivity index is 1.65. The van der Waals surface area contributed by atoms with Crippen LogP contribution in [0.15, 0.2) is 48.5 Å². The average molecular weight is 366 g/mol. The Kier molecular flexibility index (Phi) is 5.96. The Bertz CT molecular complexity index is 807. The Morgan fingerprint density at radius 3 is 2.59 bits per heavy atom. The lowest BCUT2D eigenvalue weighted by molar-refractivity contribution is -0.127. The molecule has 27 heavy (non-hydrogen) atoms. The number of hydrogen-bond donors (Lipinski definition) is 2. The molecule has 0 spiro atoms. The smallest absolute Gasteiger partial charge is 0.223 e. The van der Waals surface area contributed by atoms with Gasteiger partial charge in [-0.25, -0.2) is 0 Å². The molecule has 6 nitrogen and oxygen atoms in total. The number of nitrogens with zero attached hydrogens (tertiary/aromatic N) is 2. The van der Waals surface area contributed by atoms with Crippen LogP contribution in [-0.2, 0) is 9.59 Å². The molecular formula is C21H26N4O2. The van der Waals surface area contributed by atoms with Crippen molar-refractivity contribution < 1.29 is 9.59 Å². The maximum Gasteiger partial charge on any atom is 0.223 e. The van der Waals surface area contributed by atoms with Gasteiger partial charge >= 0.3 is 0 Å². The van der Waals surface area contributed by atoms with E-state index in [1.165, 1.54) is 6.92 Å². The first-order valence-corrected chi connectivity index (χ1v) is 9.32. The van der Waals surface area contributed by atoms with Gasteiger partial charge < -0.3 is 20.9 Å². The number of amides is 2. The molecule has 2 aromatic carbocycles. The predicted octanol–water partition coefficient (Wildman–Crippen LogP) is 3.38. The molecule has 1 fully saturated rings. The van der Waals surface area contributed by atoms with E-state index < -0.39 is 0 Å². The molecule has 6 heteroatoms. The number of carbonyl (C=O) groups is 2. The van der Waals surface area contributed by atoms with Crippen molar-refractivity contribution in [1.82, 2.24) is 4.90 Å². The van der Waals surface area contributed by atoms with E-state index in [0.717, 1.165) is 30.8 Å². The third-order valence-electron chi connectivity index (χ3n) is 4.74. The highest BCUT2D eigenvalue weighted by Crippen LogP contribution is 2.28. The molecule has 1 aliphatic heterocycles. The minimum atomic E-state index is -0.0572. The second kappa shape index (κ2) is 8.58. The highest BCUT2D eigenvalue weighted by molar-refractivity contribution is 5.95. The van der Waals surface area contributed by atoms with E-state index in [4.69, 9.17) is 5.73 Å². The Morgan fingerprint density at radius 2 is 1.96 bits per heavy atom. The Labute approximate surface area is 159 Å². The molecule has 0 radical (unpaired) electrons. The Hall–Kier alpha value is -3.02. The largest absolute Gasteiger partial charge is 0.397 e. The summed E-state index contributed by atoms with van der Waals surface area (Å²) in [5.41, 5.74) is 9.32. The molecule has 0 saturated carbocycles. The van der Waals surface area contributed by atoms with Gasteiger partial charge in [-0.3, -0.25) is 9.59 Å². The maximum atomic E-state index is 12.1. The first-order chi connectivity index (χ1) is 13.0. The van der Waals surface area contributed by atoms with Gasteiger partial charge in [-0.2, -0.15) is 0 Å². The zero-order chi connectivity index (χ0) is 19.2. The summed E-state index contributed by atoms with van der Waals surface area (Å²) in [4.78, 5) is 27.4. The van der Waals surface area contributed by atoms with E-state index >= 15 is 0 Å². The van der Waals surface area contributed by atoms with Crippen molar-refractivity contribution in [2.45, 2.75) is 26.2 Å². The fraction of sp³-hybridized carbons (Fsp3) is 0.333. The number of nitrogens with two attached hydrogens (primary N) is 1. The molecule has 2 amide bonds. The number of anilines is 4. The summed E-state index contributed by atoms with van der Waals surface area (Å²) in [5, 5.41) is 3.30. The van der Waals surface area contributed by atoms with E-state index in [9.17, 15) is 9.59 Å². The van der Waals surface area contributed by atoms with Gasteiger partial charge in [0.05, 0.1) is 11.4 Å². The maximum absolute atomic E-state index is 12.1. The summed E-state index contributed by atoms with van der Waals surface area (Å²) in [7, 11) is 0. The number of hydrogen-bond acceptors (Lipinski definition) is 4. The van der Waals surface area contributed by atoms with Crippen LogP contribution in [0.25, 0.3) is 0 Å². The van der Waals surface area contributed by atoms with Crippen LogP contribution >= 0.6 is 0 Å². The van der Waals surface area contributed by atoms with E-state index in [1.807, 2.05) is 53.4 Å². The van der Waals surface area contributed by atoms with Gasteiger partial charge in [-0.15, -0.1) is 0 Å². The van der Waals surface area contributed by atoms with Crippen molar-refractivity contribution in [3.63, 3.8) is 0 Å². The van der Waals surface area contributed by atoms with Gasteiger partial charge in [-0.1, -0.05) is 18.2 Å². The molecule has 142 valence electrons. The number of nitrogen functional groups attached to an aromatic ring is 1. The monoisotopic (exact) mass is 366 g/mol. The normalized spacial score (nSPS) is 13.7. The van der Waals surface area contributed by atoms with Gasteiger partial charge in [0.2, 0.25) is 11.8 Å². The third kappa shape index (κ3) is 4.78. The molecular weight excluding hydrogens is 340 g/mol. The fourth-order valence-electron chi connectivity index (χ4n) is 3.37. The molecule has 0 aromatic heterocycles. The van der Waals surface area contributed by atoms with Crippen LogP contribution in [0.1, 0.15) is 26.2 Å². The van der Waals surface area contributed by atoms with Gasteiger partial charge in [-0.05, 0) is 43.2 Å². The lowest BCUT2D eigenvalue weighted by Crippen LogP contribution is -2.33. The number of carbonyl (C=O) groups excluding carboxylic acids is 2. The van der Waals surface area contributed by atoms with Crippen molar-refractivity contribution in [2.24, 2.45) is 0 Å². The standard InChI is InChI=1S/C21H26N4O2/c1-16(26)25(14-6-13-24-12-5-9-21(24)27)20-11-10-18(15-19(20)22)23-17-7-3-2-4-8-17/h2-4,7-8,10-11,15,23H,5-6,9,12-14,22H2,1H3. The third-order valence-corrected chi connectivity index (χ3v) is 4.74. The quantitative estimate of drug-likeness (QED) is 0.737. The van der Waals surface area contributed by atoms with Crippen LogP contribution in [-0.4, -0.2) is 36.3 Å². The number of rotatable bonds is 7. The SMILES string of the molecule is CC(=O)N(CCCN1CCCC1=O)c1ccc(Nc2ccccc2)cc1N. The van der Waals surface area contributed by atoms with E-state index in [1.54, 1.807) is 4.90 Å². The van der Waals surface area contributed by atoms with E-state index in [-0.39, 0.29) is 11.8 Å². The van der Waals surface area contributed by atoms with Crippen molar-refractivity contribution in [3.05, 3.63) is 48.5 Å². The topological polar surface area (TPSA) is 78.7 Å². The van der Waals surface area contributed by atoms with Gasteiger partial charge in [0.1, 0.15) is 0 Å². The summed E-state index contributed by atoms with van der Waals surface area (Å²) < 4.78 is 0. The Morgan fingerprint density at radius 1 is 1.19 bits per heavy atom. The lowest BCUT2D eigenvalue weighted by atomic mass is 10.2. The van der Waals surface area contributed by atoms with Crippen molar-refractivity contribution >= 4 is 34.6 Å². The fourth-order valence-corrected chi connectivity index (χ4v) is 3.37. The number of nitrogens with one attached hydrogen (secondary N) is 1. The molecule has 1 saturated heterocycles. The lowest BCUT2D eigenvalue weighted by Gasteiger charge is -2.25. The molecule has 0 unspecified atom stereocenters. The molecule has 1 heterocycles. The summed E-state index contributed by atoms with van der Waals surface area (Å²) in [6.45, 7) is 3.57. The van der Waals surface area contributed by atoms with E-state index in [0.29, 0.717) is 30.9 Å². The molecule has 2 aromatic rings. The molecule has 1 aliphatic rings. The van der Waals surface area contributed by atoms with Crippen LogP contribution < -0.4 is 16.0 Å². The number of para-hydroxylation sites is 1. The van der Waals surface area contributed by atoms with Crippen molar-refractivity contribution in [1.29, 1.82) is 0 Å². The van der Waals surface area contributed by atoms with E-state index in [2.05, 4.69) is 5.32 Å². The summed E-state index contributed by atoms with van der Waals surface area (Å²) >= 11 is 0. The summed E-state index contributed by atoms with van der Waals surface area (Å²) in [6.07, 6.45) is 2.30. The first kappa shape index (κ1) is 18.8. The molecule has 0 atom stereocenters. The molecule has 0 aliphatic carbocycles. The molecule has 0 bridgehead atoms. The van der Waals surface area contributed by atoms with Gasteiger partial charge in [0.15, 0.2) is 0 Å². The van der Waals surface area contributed by atoms with Crippen LogP contribution in [0.5, 0.6) is 0 Å². The number of benzene rings is 2. The molecule has 3 rings (SSSR count). The van der Waals surface area contributed by atoms with Crippen molar-refractivity contribution in [2.75, 3.05) is 35.6 Å². The second-order valence-electron chi connectivity index (χ2n) is 6.77. The zero-order valence-electron chi connectivity index (χ0n) is 15.6. The number of likely N-dealkylation sites (tertiary alicyclic amines) is 1. The average Bonchev–Trinajstić information content (AvgIpc) is 3.05. The van der Waals surface area contributed by atoms with Crippen molar-refractivity contribution in [3.8, 4) is 0 Å². The van der Waals surface area contributed by atoms with Gasteiger partial charge in [0.25, 0.3) is 0 Å². The summed E-state index contributed by atoms with van der Waals surface area (Å²) in [6, 6.07) is 15.5. The van der Waals surface area contributed by atoms with Crippen LogP contribution in [0.3, 0.4) is 0 Å². The van der Waals surface area contributed by atoms with Crippen LogP contribution in [0, 0.1) is 0 Å². The molecule has 3 N–H and O–H groups in total. The minimum Gasteiger partial charge on any atom is -0.397 e. The van der Waals surface area contributed by atoms with Gasteiger partial charge in [0, 0.05) is 44.4 Å². The second-order valence-corrected chi connectivity index (χ2v) is 6.77. The summed E-state index contributed by atoms with van der Waals surface area (Å²) in [5.74, 6) is 0.151. The zero-order valence-corrected chi connectivity index (χ0v) is 15.6. The predicted molar refractivity (Wildman–Crippen MR) is 109 cm³/mol. The highest BCUT2D eigenvalue weighted by atomic mass is 16.2. The van der Waals surface area contributed by atoms with Crippen LogP contribution in [0.2, 0.25) is 0 Å². The van der Waals surface area contributed by atoms with Crippen LogP contribution in [0.4, 0.5) is 22.7 Å².